The van der Waals surface area contributed by atoms with Crippen molar-refractivity contribution < 1.29 is 4.79 Å². The quantitative estimate of drug-likeness (QED) is 0.822. The van der Waals surface area contributed by atoms with Gasteiger partial charge in [-0.2, -0.15) is 0 Å². The van der Waals surface area contributed by atoms with E-state index in [0.29, 0.717) is 11.6 Å². The van der Waals surface area contributed by atoms with Crippen LogP contribution in [0.1, 0.15) is 6.42 Å². The molecule has 98 valence electrons. The summed E-state index contributed by atoms with van der Waals surface area (Å²) >= 11 is 9.72. The van der Waals surface area contributed by atoms with E-state index in [1.165, 1.54) is 0 Å². The number of urea groups is 1. The van der Waals surface area contributed by atoms with E-state index >= 15 is 0 Å². The van der Waals surface area contributed by atoms with Crippen LogP contribution >= 0.6 is 27.5 Å². The third-order valence-electron chi connectivity index (χ3n) is 3.30. The number of nitrogens with one attached hydrogen (secondary N) is 1. The summed E-state index contributed by atoms with van der Waals surface area (Å²) in [6, 6.07) is 7.27. The van der Waals surface area contributed by atoms with E-state index in [2.05, 4.69) is 33.4 Å². The predicted octanol–water partition coefficient (Wildman–Crippen LogP) is 4.05. The minimum absolute atomic E-state index is 0.123. The van der Waals surface area contributed by atoms with Crippen molar-refractivity contribution in [1.82, 2.24) is 5.32 Å². The van der Waals surface area contributed by atoms with Crippen molar-refractivity contribution in [3.8, 4) is 0 Å². The zero-order valence-electron chi connectivity index (χ0n) is 10.1. The molecule has 1 aromatic rings. The summed E-state index contributed by atoms with van der Waals surface area (Å²) in [5, 5.41) is 3.48. The molecule has 1 aliphatic carbocycles. The minimum Gasteiger partial charge on any atom is -0.336 e. The second-order valence-corrected chi connectivity index (χ2v) is 5.95. The number of halogens is 2. The Balaban J connectivity index is 2.04. The number of fused-ring (bicyclic) bond motifs is 1. The number of hydrogen-bond donors (Lipinski definition) is 1. The summed E-state index contributed by atoms with van der Waals surface area (Å²) in [6.07, 6.45) is 5.02. The maximum Gasteiger partial charge on any atom is 0.326 e. The van der Waals surface area contributed by atoms with Gasteiger partial charge in [0.1, 0.15) is 0 Å². The van der Waals surface area contributed by atoms with E-state index in [1.807, 2.05) is 18.2 Å². The fourth-order valence-electron chi connectivity index (χ4n) is 2.42. The number of anilines is 1. The van der Waals surface area contributed by atoms with Gasteiger partial charge in [0, 0.05) is 18.2 Å². The number of benzene rings is 1. The lowest BCUT2D eigenvalue weighted by atomic mass is 9.95. The van der Waals surface area contributed by atoms with Crippen LogP contribution in [0.15, 0.2) is 46.6 Å². The van der Waals surface area contributed by atoms with E-state index < -0.39 is 0 Å². The average molecular weight is 340 g/mol. The Hall–Kier alpha value is -1.26. The van der Waals surface area contributed by atoms with Crippen LogP contribution in [0, 0.1) is 5.92 Å². The lowest BCUT2D eigenvalue weighted by Gasteiger charge is -2.37. The molecule has 1 N–H and O–H groups in total. The Morgan fingerprint density at radius 1 is 1.37 bits per heavy atom. The van der Waals surface area contributed by atoms with Crippen LogP contribution in [0.5, 0.6) is 0 Å². The molecule has 0 saturated carbocycles. The second-order valence-electron chi connectivity index (χ2n) is 4.53. The third kappa shape index (κ3) is 2.30. The molecule has 3 rings (SSSR count). The topological polar surface area (TPSA) is 32.3 Å². The van der Waals surface area contributed by atoms with Gasteiger partial charge in [0.15, 0.2) is 0 Å². The van der Waals surface area contributed by atoms with Crippen molar-refractivity contribution in [2.24, 2.45) is 5.92 Å². The molecule has 0 spiro atoms. The van der Waals surface area contributed by atoms with Crippen molar-refractivity contribution >= 4 is 39.2 Å². The molecule has 0 bridgehead atoms. The van der Waals surface area contributed by atoms with Gasteiger partial charge in [-0.1, -0.05) is 51.8 Å². The molecule has 0 radical (unpaired) electrons. The molecule has 1 unspecified atom stereocenters. The molecule has 0 aromatic heterocycles. The van der Waals surface area contributed by atoms with E-state index in [0.717, 1.165) is 22.3 Å². The van der Waals surface area contributed by atoms with Gasteiger partial charge in [-0.05, 0) is 23.0 Å². The van der Waals surface area contributed by atoms with E-state index in [1.54, 1.807) is 11.0 Å². The first kappa shape index (κ1) is 12.8. The molecular weight excluding hydrogens is 328 g/mol. The first-order valence-electron chi connectivity index (χ1n) is 6.05. The van der Waals surface area contributed by atoms with Crippen molar-refractivity contribution in [3.05, 3.63) is 51.6 Å². The van der Waals surface area contributed by atoms with Crippen molar-refractivity contribution in [3.63, 3.8) is 0 Å². The maximum absolute atomic E-state index is 12.2. The largest absolute Gasteiger partial charge is 0.336 e. The van der Waals surface area contributed by atoms with E-state index in [-0.39, 0.29) is 11.9 Å². The summed E-state index contributed by atoms with van der Waals surface area (Å²) in [4.78, 5) is 13.8. The van der Waals surface area contributed by atoms with Crippen LogP contribution < -0.4 is 10.2 Å². The molecule has 1 heterocycles. The summed E-state index contributed by atoms with van der Waals surface area (Å²) in [5.41, 5.74) is 1.73. The monoisotopic (exact) mass is 338 g/mol. The fourth-order valence-corrected chi connectivity index (χ4v) is 3.12. The van der Waals surface area contributed by atoms with Crippen LogP contribution in [-0.4, -0.2) is 12.6 Å². The van der Waals surface area contributed by atoms with Crippen LogP contribution in [-0.2, 0) is 0 Å². The molecule has 5 heteroatoms. The number of nitrogens with zero attached hydrogens (tertiary/aromatic N) is 1. The van der Waals surface area contributed by atoms with Gasteiger partial charge in [-0.15, -0.1) is 0 Å². The normalized spacial score (nSPS) is 22.3. The van der Waals surface area contributed by atoms with Gasteiger partial charge < -0.3 is 5.32 Å². The first-order chi connectivity index (χ1) is 9.16. The molecule has 1 saturated heterocycles. The average Bonchev–Trinajstić information content (AvgIpc) is 2.40. The molecule has 1 aromatic carbocycles. The summed E-state index contributed by atoms with van der Waals surface area (Å²) in [6.45, 7) is 0.626. The molecule has 1 fully saturated rings. The predicted molar refractivity (Wildman–Crippen MR) is 80.5 cm³/mol. The van der Waals surface area contributed by atoms with Crippen molar-refractivity contribution in [2.45, 2.75) is 6.42 Å². The van der Waals surface area contributed by atoms with Crippen molar-refractivity contribution in [1.29, 1.82) is 0 Å². The summed E-state index contributed by atoms with van der Waals surface area (Å²) in [5.74, 6) is 0.192. The lowest BCUT2D eigenvalue weighted by molar-refractivity contribution is 0.243. The van der Waals surface area contributed by atoms with Gasteiger partial charge in [0.05, 0.1) is 10.7 Å². The number of hydrogen-bond acceptors (Lipinski definition) is 1. The smallest absolute Gasteiger partial charge is 0.326 e. The second kappa shape index (κ2) is 5.02. The highest BCUT2D eigenvalue weighted by Crippen LogP contribution is 2.36. The molecular formula is C14H12BrClN2O. The Morgan fingerprint density at radius 3 is 2.95 bits per heavy atom. The van der Waals surface area contributed by atoms with Gasteiger partial charge in [0.25, 0.3) is 0 Å². The minimum atomic E-state index is -0.123. The highest BCUT2D eigenvalue weighted by atomic mass is 79.9. The standard InChI is InChI=1S/C14H12BrClN2O/c15-10-5-6-12-9(7-10)8-17-14(19)18(12)13-4-2-1-3-11(13)16/h1-4,6-7,9H,5,8H2,(H,17,19). The van der Waals surface area contributed by atoms with Gasteiger partial charge in [-0.3, -0.25) is 4.90 Å². The molecule has 2 amide bonds. The van der Waals surface area contributed by atoms with Crippen LogP contribution in [0.2, 0.25) is 5.02 Å². The van der Waals surface area contributed by atoms with Gasteiger partial charge in [-0.25, -0.2) is 4.79 Å². The number of allylic oxidation sites excluding steroid dienone is 2. The maximum atomic E-state index is 12.2. The summed E-state index contributed by atoms with van der Waals surface area (Å²) < 4.78 is 1.15. The Labute approximate surface area is 125 Å². The van der Waals surface area contributed by atoms with Crippen LogP contribution in [0.4, 0.5) is 10.5 Å². The van der Waals surface area contributed by atoms with E-state index in [9.17, 15) is 4.79 Å². The zero-order chi connectivity index (χ0) is 13.4. The molecule has 1 aliphatic heterocycles. The highest BCUT2D eigenvalue weighted by molar-refractivity contribution is 9.11. The first-order valence-corrected chi connectivity index (χ1v) is 7.22. The Morgan fingerprint density at radius 2 is 2.16 bits per heavy atom. The van der Waals surface area contributed by atoms with Gasteiger partial charge >= 0.3 is 6.03 Å². The zero-order valence-corrected chi connectivity index (χ0v) is 12.4. The molecule has 2 aliphatic rings. The molecule has 1 atom stereocenters. The Bertz CT molecular complexity index is 597. The lowest BCUT2D eigenvalue weighted by Crippen LogP contribution is -2.49. The number of para-hydroxylation sites is 1. The van der Waals surface area contributed by atoms with Gasteiger partial charge in [0.2, 0.25) is 0 Å². The molecule has 3 nitrogen and oxygen atoms in total. The third-order valence-corrected chi connectivity index (χ3v) is 4.20. The highest BCUT2D eigenvalue weighted by Gasteiger charge is 2.32. The summed E-state index contributed by atoms with van der Waals surface area (Å²) in [7, 11) is 0. The van der Waals surface area contributed by atoms with Crippen molar-refractivity contribution in [2.75, 3.05) is 11.4 Å². The van der Waals surface area contributed by atoms with Crippen LogP contribution in [0.3, 0.4) is 0 Å². The number of carbonyl (C=O) groups is 1. The fraction of sp³-hybridized carbons (Fsp3) is 0.214. The number of carbonyl (C=O) groups excluding carboxylic acids is 1. The van der Waals surface area contributed by atoms with E-state index in [4.69, 9.17) is 11.6 Å². The van der Waals surface area contributed by atoms with Crippen LogP contribution in [0.25, 0.3) is 0 Å². The number of rotatable bonds is 1. The number of amides is 2. The SMILES string of the molecule is O=C1NCC2C=C(Br)CC=C2N1c1ccccc1Cl. The Kier molecular flexibility index (Phi) is 3.37. The molecule has 19 heavy (non-hydrogen) atoms.